The van der Waals surface area contributed by atoms with Crippen LogP contribution >= 0.6 is 0 Å². The lowest BCUT2D eigenvalue weighted by Crippen LogP contribution is -2.32. The van der Waals surface area contributed by atoms with Crippen molar-refractivity contribution in [1.29, 1.82) is 0 Å². The molecule has 1 amide bonds. The standard InChI is InChI=1S/C21H24N2O/c1-14(2)21(24)23-12-18(16-10-8-15(3)9-11-16)19-13-22-20-7-5-4-6-17(19)20/h4-11,13-14,18,22H,12H2,1-3H3,(H,23,24). The van der Waals surface area contributed by atoms with Crippen molar-refractivity contribution in [3.63, 3.8) is 0 Å². The summed E-state index contributed by atoms with van der Waals surface area (Å²) in [6.07, 6.45) is 2.07. The molecule has 1 aromatic heterocycles. The summed E-state index contributed by atoms with van der Waals surface area (Å²) in [5.41, 5.74) is 4.80. The first-order valence-electron chi connectivity index (χ1n) is 8.46. The van der Waals surface area contributed by atoms with E-state index in [0.717, 1.165) is 5.52 Å². The third kappa shape index (κ3) is 3.35. The van der Waals surface area contributed by atoms with Gasteiger partial charge in [0.25, 0.3) is 0 Å². The largest absolute Gasteiger partial charge is 0.361 e. The van der Waals surface area contributed by atoms with E-state index in [1.165, 1.54) is 22.1 Å². The molecule has 0 bridgehead atoms. The summed E-state index contributed by atoms with van der Waals surface area (Å²) in [6, 6.07) is 16.9. The zero-order chi connectivity index (χ0) is 17.1. The van der Waals surface area contributed by atoms with Crippen molar-refractivity contribution in [2.24, 2.45) is 5.92 Å². The quantitative estimate of drug-likeness (QED) is 0.720. The molecule has 1 atom stereocenters. The molecule has 3 rings (SSSR count). The average Bonchev–Trinajstić information content (AvgIpc) is 3.00. The summed E-state index contributed by atoms with van der Waals surface area (Å²) in [5, 5.41) is 4.31. The maximum atomic E-state index is 12.0. The summed E-state index contributed by atoms with van der Waals surface area (Å²) in [5.74, 6) is 0.211. The number of aromatic nitrogens is 1. The van der Waals surface area contributed by atoms with E-state index in [1.807, 2.05) is 19.9 Å². The van der Waals surface area contributed by atoms with Crippen molar-refractivity contribution < 1.29 is 4.79 Å². The van der Waals surface area contributed by atoms with E-state index >= 15 is 0 Å². The lowest BCUT2D eigenvalue weighted by molar-refractivity contribution is -0.124. The minimum Gasteiger partial charge on any atom is -0.361 e. The van der Waals surface area contributed by atoms with Gasteiger partial charge in [0, 0.05) is 35.5 Å². The van der Waals surface area contributed by atoms with Gasteiger partial charge in [-0.15, -0.1) is 0 Å². The Hall–Kier alpha value is -2.55. The second-order valence-electron chi connectivity index (χ2n) is 6.65. The third-order valence-corrected chi connectivity index (χ3v) is 4.48. The molecular weight excluding hydrogens is 296 g/mol. The van der Waals surface area contributed by atoms with Crippen molar-refractivity contribution >= 4 is 16.8 Å². The van der Waals surface area contributed by atoms with Crippen molar-refractivity contribution in [1.82, 2.24) is 10.3 Å². The molecule has 1 heterocycles. The third-order valence-electron chi connectivity index (χ3n) is 4.48. The van der Waals surface area contributed by atoms with Crippen LogP contribution in [-0.2, 0) is 4.79 Å². The Morgan fingerprint density at radius 3 is 2.50 bits per heavy atom. The fraction of sp³-hybridized carbons (Fsp3) is 0.286. The van der Waals surface area contributed by atoms with E-state index in [9.17, 15) is 4.79 Å². The van der Waals surface area contributed by atoms with Crippen LogP contribution in [0.15, 0.2) is 54.7 Å². The van der Waals surface area contributed by atoms with Crippen LogP contribution in [0.2, 0.25) is 0 Å². The number of hydrogen-bond donors (Lipinski definition) is 2. The number of nitrogens with one attached hydrogen (secondary N) is 2. The number of aryl methyl sites for hydroxylation is 1. The Labute approximate surface area is 143 Å². The second kappa shape index (κ2) is 6.91. The van der Waals surface area contributed by atoms with Crippen molar-refractivity contribution in [2.45, 2.75) is 26.7 Å². The fourth-order valence-corrected chi connectivity index (χ4v) is 3.00. The maximum absolute atomic E-state index is 12.0. The molecule has 1 unspecified atom stereocenters. The van der Waals surface area contributed by atoms with Crippen LogP contribution in [-0.4, -0.2) is 17.4 Å². The molecule has 124 valence electrons. The predicted octanol–water partition coefficient (Wildman–Crippen LogP) is 4.38. The van der Waals surface area contributed by atoms with Crippen molar-refractivity contribution in [2.75, 3.05) is 6.54 Å². The first kappa shape index (κ1) is 16.3. The number of aromatic amines is 1. The number of H-pyrrole nitrogens is 1. The molecule has 0 aliphatic heterocycles. The summed E-state index contributed by atoms with van der Waals surface area (Å²) in [6.45, 7) is 6.52. The summed E-state index contributed by atoms with van der Waals surface area (Å²) in [4.78, 5) is 15.4. The van der Waals surface area contributed by atoms with Crippen LogP contribution in [0.25, 0.3) is 10.9 Å². The van der Waals surface area contributed by atoms with Gasteiger partial charge >= 0.3 is 0 Å². The molecule has 3 heteroatoms. The van der Waals surface area contributed by atoms with E-state index in [0.29, 0.717) is 6.54 Å². The molecule has 0 radical (unpaired) electrons. The van der Waals surface area contributed by atoms with Gasteiger partial charge < -0.3 is 10.3 Å². The van der Waals surface area contributed by atoms with Gasteiger partial charge in [-0.05, 0) is 24.1 Å². The minimum absolute atomic E-state index is 0.00774. The molecule has 0 spiro atoms. The van der Waals surface area contributed by atoms with Crippen LogP contribution < -0.4 is 5.32 Å². The SMILES string of the molecule is Cc1ccc(C(CNC(=O)C(C)C)c2c[nH]c3ccccc23)cc1. The van der Waals surface area contributed by atoms with Gasteiger partial charge in [0.1, 0.15) is 0 Å². The highest BCUT2D eigenvalue weighted by Gasteiger charge is 2.19. The number of fused-ring (bicyclic) bond motifs is 1. The highest BCUT2D eigenvalue weighted by atomic mass is 16.1. The number of para-hydroxylation sites is 1. The molecule has 0 aliphatic rings. The molecule has 0 saturated heterocycles. The number of hydrogen-bond acceptors (Lipinski definition) is 1. The van der Waals surface area contributed by atoms with E-state index in [2.05, 4.69) is 65.9 Å². The van der Waals surface area contributed by atoms with Crippen molar-refractivity contribution in [3.8, 4) is 0 Å². The van der Waals surface area contributed by atoms with Gasteiger partial charge in [0.15, 0.2) is 0 Å². The number of amides is 1. The van der Waals surface area contributed by atoms with E-state index in [1.54, 1.807) is 0 Å². The summed E-state index contributed by atoms with van der Waals surface area (Å²) < 4.78 is 0. The first-order chi connectivity index (χ1) is 11.6. The lowest BCUT2D eigenvalue weighted by atomic mass is 9.90. The number of carbonyl (C=O) groups is 1. The maximum Gasteiger partial charge on any atom is 0.222 e. The normalized spacial score (nSPS) is 12.5. The van der Waals surface area contributed by atoms with Crippen LogP contribution in [0.4, 0.5) is 0 Å². The molecule has 0 aliphatic carbocycles. The lowest BCUT2D eigenvalue weighted by Gasteiger charge is -2.19. The minimum atomic E-state index is -0.00774. The Morgan fingerprint density at radius 1 is 1.08 bits per heavy atom. The number of benzene rings is 2. The summed E-state index contributed by atoms with van der Waals surface area (Å²) >= 11 is 0. The van der Waals surface area contributed by atoms with Gasteiger partial charge in [-0.2, -0.15) is 0 Å². The van der Waals surface area contributed by atoms with Gasteiger partial charge in [-0.1, -0.05) is 61.9 Å². The molecule has 0 fully saturated rings. The van der Waals surface area contributed by atoms with Gasteiger partial charge in [-0.25, -0.2) is 0 Å². The zero-order valence-corrected chi connectivity index (χ0v) is 14.5. The Balaban J connectivity index is 1.98. The van der Waals surface area contributed by atoms with Crippen LogP contribution in [0, 0.1) is 12.8 Å². The van der Waals surface area contributed by atoms with Gasteiger partial charge in [0.2, 0.25) is 5.91 Å². The molecule has 24 heavy (non-hydrogen) atoms. The molecule has 3 aromatic rings. The van der Waals surface area contributed by atoms with Crippen LogP contribution in [0.3, 0.4) is 0 Å². The molecular formula is C21H24N2O. The number of carbonyl (C=O) groups excluding carboxylic acids is 1. The predicted molar refractivity (Wildman–Crippen MR) is 99.2 cm³/mol. The molecule has 0 saturated carbocycles. The number of rotatable bonds is 5. The monoisotopic (exact) mass is 320 g/mol. The van der Waals surface area contributed by atoms with E-state index < -0.39 is 0 Å². The van der Waals surface area contributed by atoms with E-state index in [-0.39, 0.29) is 17.7 Å². The highest BCUT2D eigenvalue weighted by molar-refractivity contribution is 5.84. The van der Waals surface area contributed by atoms with Gasteiger partial charge in [-0.3, -0.25) is 4.79 Å². The van der Waals surface area contributed by atoms with Crippen LogP contribution in [0.1, 0.15) is 36.5 Å². The first-order valence-corrected chi connectivity index (χ1v) is 8.46. The van der Waals surface area contributed by atoms with E-state index in [4.69, 9.17) is 0 Å². The summed E-state index contributed by atoms with van der Waals surface area (Å²) in [7, 11) is 0. The van der Waals surface area contributed by atoms with Gasteiger partial charge in [0.05, 0.1) is 0 Å². The Bertz CT molecular complexity index is 830. The Kier molecular flexibility index (Phi) is 4.70. The average molecular weight is 320 g/mol. The zero-order valence-electron chi connectivity index (χ0n) is 14.5. The molecule has 3 nitrogen and oxygen atoms in total. The molecule has 2 N–H and O–H groups in total. The van der Waals surface area contributed by atoms with Crippen molar-refractivity contribution in [3.05, 3.63) is 71.4 Å². The Morgan fingerprint density at radius 2 is 1.79 bits per heavy atom. The molecule has 2 aromatic carbocycles. The fourth-order valence-electron chi connectivity index (χ4n) is 3.00. The van der Waals surface area contributed by atoms with Crippen LogP contribution in [0.5, 0.6) is 0 Å². The topological polar surface area (TPSA) is 44.9 Å². The second-order valence-corrected chi connectivity index (χ2v) is 6.65. The smallest absolute Gasteiger partial charge is 0.222 e. The highest BCUT2D eigenvalue weighted by Crippen LogP contribution is 2.30.